The van der Waals surface area contributed by atoms with Gasteiger partial charge < -0.3 is 14.8 Å². The van der Waals surface area contributed by atoms with Crippen molar-refractivity contribution >= 4 is 47.1 Å². The number of ether oxygens (including phenoxy) is 2. The zero-order valence-corrected chi connectivity index (χ0v) is 27.6. The number of thioether (sulfide) groups is 1. The van der Waals surface area contributed by atoms with Crippen LogP contribution in [0.25, 0.3) is 0 Å². The van der Waals surface area contributed by atoms with Gasteiger partial charge in [0.2, 0.25) is 5.91 Å². The maximum Gasteiger partial charge on any atom is 0.357 e. The summed E-state index contributed by atoms with van der Waals surface area (Å²) in [5.74, 6) is -3.51. The van der Waals surface area contributed by atoms with Gasteiger partial charge in [-0.1, -0.05) is 140 Å². The van der Waals surface area contributed by atoms with Crippen molar-refractivity contribution in [2.75, 3.05) is 5.75 Å². The van der Waals surface area contributed by atoms with Gasteiger partial charge in [-0.15, -0.1) is 11.8 Å². The van der Waals surface area contributed by atoms with Crippen LogP contribution in [-0.4, -0.2) is 45.8 Å². The average Bonchev–Trinajstić information content (AvgIpc) is 3.13. The summed E-state index contributed by atoms with van der Waals surface area (Å²) >= 11 is 7.86. The highest BCUT2D eigenvalue weighted by molar-refractivity contribution is 8.00. The first kappa shape index (κ1) is 33.1. The van der Waals surface area contributed by atoms with E-state index in [2.05, 4.69) is 5.32 Å². The fourth-order valence-corrected chi connectivity index (χ4v) is 7.36. The molecule has 10 heteroatoms. The molecular formula is C38H33ClN2O6S. The lowest BCUT2D eigenvalue weighted by Crippen LogP contribution is -2.71. The molecule has 0 radical (unpaired) electrons. The van der Waals surface area contributed by atoms with Gasteiger partial charge in [0, 0.05) is 5.75 Å². The van der Waals surface area contributed by atoms with Gasteiger partial charge in [0.05, 0.1) is 5.03 Å². The molecule has 0 aliphatic carbocycles. The van der Waals surface area contributed by atoms with Crippen LogP contribution >= 0.6 is 23.4 Å². The summed E-state index contributed by atoms with van der Waals surface area (Å²) in [6, 6.07) is 36.2. The van der Waals surface area contributed by atoms with Gasteiger partial charge in [-0.3, -0.25) is 19.3 Å². The van der Waals surface area contributed by atoms with Crippen LogP contribution in [0.1, 0.15) is 47.8 Å². The molecule has 2 heterocycles. The summed E-state index contributed by atoms with van der Waals surface area (Å²) < 4.78 is 12.0. The van der Waals surface area contributed by atoms with E-state index in [9.17, 15) is 19.2 Å². The number of nitrogens with one attached hydrogen (secondary N) is 1. The molecule has 8 nitrogen and oxygen atoms in total. The Balaban J connectivity index is 1.15. The minimum absolute atomic E-state index is 0.0483. The molecule has 3 atom stereocenters. The van der Waals surface area contributed by atoms with Gasteiger partial charge in [0.1, 0.15) is 23.0 Å². The number of carbonyl (C=O) groups excluding carboxylic acids is 4. The number of esters is 2. The number of halogens is 1. The predicted octanol–water partition coefficient (Wildman–Crippen LogP) is 6.53. The van der Waals surface area contributed by atoms with E-state index in [1.165, 1.54) is 16.7 Å². The Morgan fingerprint density at radius 1 is 0.771 bits per heavy atom. The third kappa shape index (κ3) is 6.88. The lowest BCUT2D eigenvalue weighted by Gasteiger charge is -2.49. The molecule has 2 amide bonds. The molecule has 1 saturated heterocycles. The number of hydrogen-bond acceptors (Lipinski definition) is 7. The smallest absolute Gasteiger partial charge is 0.357 e. The molecule has 0 bridgehead atoms. The van der Waals surface area contributed by atoms with Crippen molar-refractivity contribution in [3.8, 4) is 0 Å². The van der Waals surface area contributed by atoms with Crippen LogP contribution in [0.3, 0.4) is 0 Å². The largest absolute Gasteiger partial charge is 0.452 e. The molecule has 2 aliphatic rings. The summed E-state index contributed by atoms with van der Waals surface area (Å²) in [5, 5.41) is 2.33. The number of benzene rings is 4. The standard InChI is InChI=1S/C38H33ClN2O6S/c1-2-28(37(44)46-32(24-15-7-3-8-16-24)25-17-9-4-10-18-25)34(42)40-30-35(43)41-31(29(39)23-48-36(30)41)38(45)47-33(26-19-11-5-12-20-26)27-21-13-6-14-22-27/h3-22,28,30,32-33,36H,2,23H2,1H3,(H,40,42)/t28?,30-,36+/m1/s1. The van der Waals surface area contributed by atoms with Gasteiger partial charge in [0.25, 0.3) is 5.91 Å². The van der Waals surface area contributed by atoms with Crippen LogP contribution in [0, 0.1) is 5.92 Å². The van der Waals surface area contributed by atoms with E-state index in [0.717, 1.165) is 22.3 Å². The monoisotopic (exact) mass is 680 g/mol. The third-order valence-electron chi connectivity index (χ3n) is 8.29. The van der Waals surface area contributed by atoms with Crippen molar-refractivity contribution in [2.45, 2.75) is 37.0 Å². The number of rotatable bonds is 11. The van der Waals surface area contributed by atoms with Gasteiger partial charge in [0.15, 0.2) is 12.2 Å². The van der Waals surface area contributed by atoms with Crippen molar-refractivity contribution in [1.82, 2.24) is 10.2 Å². The molecule has 0 saturated carbocycles. The highest BCUT2D eigenvalue weighted by Crippen LogP contribution is 2.42. The predicted molar refractivity (Wildman–Crippen MR) is 183 cm³/mol. The van der Waals surface area contributed by atoms with Crippen molar-refractivity contribution in [3.63, 3.8) is 0 Å². The number of fused-ring (bicyclic) bond motifs is 1. The second-order valence-electron chi connectivity index (χ2n) is 11.4. The Kier molecular flexibility index (Phi) is 10.3. The highest BCUT2D eigenvalue weighted by Gasteiger charge is 2.55. The molecule has 0 spiro atoms. The Hall–Kier alpha value is -4.86. The fourth-order valence-electron chi connectivity index (χ4n) is 5.81. The summed E-state index contributed by atoms with van der Waals surface area (Å²) in [6.45, 7) is 1.71. The summed E-state index contributed by atoms with van der Waals surface area (Å²) in [6.07, 6.45) is -1.29. The van der Waals surface area contributed by atoms with Crippen molar-refractivity contribution in [3.05, 3.63) is 154 Å². The summed E-state index contributed by atoms with van der Waals surface area (Å²) in [5.41, 5.74) is 3.00. The highest BCUT2D eigenvalue weighted by atomic mass is 35.5. The normalized spacial score (nSPS) is 17.8. The zero-order valence-electron chi connectivity index (χ0n) is 26.0. The fraction of sp³-hybridized carbons (Fsp3) is 0.211. The Morgan fingerprint density at radius 2 is 1.21 bits per heavy atom. The first-order chi connectivity index (χ1) is 23.4. The van der Waals surface area contributed by atoms with Gasteiger partial charge in [-0.05, 0) is 28.7 Å². The maximum atomic E-state index is 13.7. The van der Waals surface area contributed by atoms with Crippen LogP contribution in [-0.2, 0) is 28.7 Å². The van der Waals surface area contributed by atoms with E-state index in [1.807, 2.05) is 121 Å². The molecule has 1 unspecified atom stereocenters. The minimum Gasteiger partial charge on any atom is -0.452 e. The van der Waals surface area contributed by atoms with Crippen molar-refractivity contribution in [2.24, 2.45) is 5.92 Å². The summed E-state index contributed by atoms with van der Waals surface area (Å²) in [4.78, 5) is 55.5. The molecular weight excluding hydrogens is 648 g/mol. The first-order valence-electron chi connectivity index (χ1n) is 15.6. The molecule has 48 heavy (non-hydrogen) atoms. The third-order valence-corrected chi connectivity index (χ3v) is 10.0. The number of amides is 2. The van der Waals surface area contributed by atoms with E-state index >= 15 is 0 Å². The van der Waals surface area contributed by atoms with Crippen LogP contribution in [0.15, 0.2) is 132 Å². The van der Waals surface area contributed by atoms with Crippen molar-refractivity contribution in [1.29, 1.82) is 0 Å². The topological polar surface area (TPSA) is 102 Å². The summed E-state index contributed by atoms with van der Waals surface area (Å²) in [7, 11) is 0. The van der Waals surface area contributed by atoms with Gasteiger partial charge >= 0.3 is 11.9 Å². The second kappa shape index (κ2) is 14.9. The molecule has 2 aliphatic heterocycles. The Morgan fingerprint density at radius 3 is 1.65 bits per heavy atom. The van der Waals surface area contributed by atoms with E-state index < -0.39 is 53.3 Å². The van der Waals surface area contributed by atoms with Crippen LogP contribution in [0.4, 0.5) is 0 Å². The first-order valence-corrected chi connectivity index (χ1v) is 17.0. The van der Waals surface area contributed by atoms with Crippen LogP contribution in [0.2, 0.25) is 0 Å². The minimum atomic E-state index is -1.16. The lowest BCUT2D eigenvalue weighted by atomic mass is 9.99. The number of carbonyl (C=O) groups is 4. The molecule has 244 valence electrons. The molecule has 1 N–H and O–H groups in total. The van der Waals surface area contributed by atoms with E-state index in [-0.39, 0.29) is 22.9 Å². The van der Waals surface area contributed by atoms with Gasteiger partial charge in [-0.25, -0.2) is 4.79 Å². The zero-order chi connectivity index (χ0) is 33.6. The lowest BCUT2D eigenvalue weighted by molar-refractivity contribution is -0.159. The van der Waals surface area contributed by atoms with Crippen LogP contribution < -0.4 is 5.32 Å². The second-order valence-corrected chi connectivity index (χ2v) is 12.9. The SMILES string of the molecule is CCC(C(=O)N[C@@H]1C(=O)N2C(C(=O)OC(c3ccccc3)c3ccccc3)=C(Cl)CS[C@@H]12)C(=O)OC(c1ccccc1)c1ccccc1. The Bertz CT molecular complexity index is 1730. The van der Waals surface area contributed by atoms with E-state index in [4.69, 9.17) is 21.1 Å². The Labute approximate surface area is 288 Å². The molecule has 0 aromatic heterocycles. The van der Waals surface area contributed by atoms with Gasteiger partial charge in [-0.2, -0.15) is 0 Å². The van der Waals surface area contributed by atoms with Crippen LogP contribution in [0.5, 0.6) is 0 Å². The number of hydrogen-bond donors (Lipinski definition) is 1. The molecule has 1 fully saturated rings. The number of nitrogens with zero attached hydrogens (tertiary/aromatic N) is 1. The molecule has 4 aromatic carbocycles. The quantitative estimate of drug-likeness (QED) is 0.109. The van der Waals surface area contributed by atoms with Crippen molar-refractivity contribution < 1.29 is 28.7 Å². The number of β-lactam (4-membered cyclic amide) rings is 1. The molecule has 4 aromatic rings. The van der Waals surface area contributed by atoms with E-state index in [1.54, 1.807) is 6.92 Å². The molecule has 6 rings (SSSR count). The van der Waals surface area contributed by atoms with E-state index in [0.29, 0.717) is 0 Å². The maximum absolute atomic E-state index is 13.7. The average molecular weight is 681 g/mol.